The van der Waals surface area contributed by atoms with Gasteiger partial charge in [0.05, 0.1) is 0 Å². The van der Waals surface area contributed by atoms with Crippen LogP contribution in [0.25, 0.3) is 0 Å². The third kappa shape index (κ3) is 3.21. The van der Waals surface area contributed by atoms with Crippen molar-refractivity contribution in [3.63, 3.8) is 0 Å². The van der Waals surface area contributed by atoms with E-state index in [2.05, 4.69) is 41.4 Å². The van der Waals surface area contributed by atoms with Crippen molar-refractivity contribution in [1.29, 1.82) is 0 Å². The Morgan fingerprint density at radius 3 is 1.39 bits per heavy atom. The van der Waals surface area contributed by atoms with Gasteiger partial charge in [-0.2, -0.15) is 0 Å². The number of carbonyl (C=O) groups excluding carboxylic acids is 1. The van der Waals surface area contributed by atoms with Crippen molar-refractivity contribution in [1.82, 2.24) is 0 Å². The van der Waals surface area contributed by atoms with Crippen LogP contribution in [0.5, 0.6) is 0 Å². The van der Waals surface area contributed by atoms with Gasteiger partial charge in [-0.25, -0.2) is 0 Å². The second-order valence-electron chi connectivity index (χ2n) is 6.76. The SMILES string of the molecule is CC1N=C(N)C([P+](c2ccccc2)(c2ccccc2)c2ccccc2)C1=O.[Br-]. The minimum Gasteiger partial charge on any atom is -1.00 e. The molecule has 1 aliphatic rings. The summed E-state index contributed by atoms with van der Waals surface area (Å²) in [4.78, 5) is 17.8. The van der Waals surface area contributed by atoms with Gasteiger partial charge >= 0.3 is 0 Å². The Balaban J connectivity index is 0.00000225. The molecule has 0 spiro atoms. The summed E-state index contributed by atoms with van der Waals surface area (Å²) in [6.45, 7) is 1.84. The first-order chi connectivity index (χ1) is 13.2. The second kappa shape index (κ2) is 8.38. The van der Waals surface area contributed by atoms with E-state index in [4.69, 9.17) is 5.73 Å². The Morgan fingerprint density at radius 1 is 0.750 bits per heavy atom. The number of hydrogen-bond acceptors (Lipinski definition) is 3. The number of carbonyl (C=O) groups is 1. The second-order valence-corrected chi connectivity index (χ2v) is 10.3. The lowest BCUT2D eigenvalue weighted by Gasteiger charge is -2.31. The molecule has 1 aliphatic heterocycles. The molecule has 2 N–H and O–H groups in total. The Kier molecular flexibility index (Phi) is 6.12. The number of amidine groups is 1. The van der Waals surface area contributed by atoms with Gasteiger partial charge in [0.1, 0.15) is 35.1 Å². The molecule has 28 heavy (non-hydrogen) atoms. The highest BCUT2D eigenvalue weighted by atomic mass is 79.9. The third-order valence-corrected chi connectivity index (χ3v) is 9.81. The van der Waals surface area contributed by atoms with Gasteiger partial charge < -0.3 is 22.7 Å². The van der Waals surface area contributed by atoms with Gasteiger partial charge in [0, 0.05) is 0 Å². The molecule has 0 radical (unpaired) electrons. The summed E-state index contributed by atoms with van der Waals surface area (Å²) in [5.74, 6) is 0.565. The van der Waals surface area contributed by atoms with Crippen molar-refractivity contribution in [2.24, 2.45) is 10.7 Å². The molecule has 0 fully saturated rings. The standard InChI is InChI=1S/C23H22N2OP.BrH/c1-17-21(26)22(23(24)25-17)27(18-11-5-2-6-12-18,19-13-7-3-8-14-19)20-15-9-4-10-16-20;/h2-17,22H,1H3,(H2,24,25);1H/q+1;/p-1. The van der Waals surface area contributed by atoms with Crippen LogP contribution in [0, 0.1) is 0 Å². The maximum absolute atomic E-state index is 13.3. The van der Waals surface area contributed by atoms with E-state index in [0.717, 1.165) is 15.9 Å². The molecule has 2 atom stereocenters. The number of ketones is 1. The average molecular weight is 453 g/mol. The molecule has 142 valence electrons. The predicted molar refractivity (Wildman–Crippen MR) is 115 cm³/mol. The average Bonchev–Trinajstić information content (AvgIpc) is 2.98. The monoisotopic (exact) mass is 452 g/mol. The summed E-state index contributed by atoms with van der Waals surface area (Å²) in [6, 6.07) is 30.6. The maximum atomic E-state index is 13.3. The van der Waals surface area contributed by atoms with Crippen LogP contribution < -0.4 is 38.6 Å². The van der Waals surface area contributed by atoms with E-state index in [9.17, 15) is 4.79 Å². The van der Waals surface area contributed by atoms with Crippen LogP contribution in [0.1, 0.15) is 6.92 Å². The summed E-state index contributed by atoms with van der Waals surface area (Å²) in [5, 5.41) is 3.44. The maximum Gasteiger partial charge on any atom is 0.205 e. The molecule has 2 unspecified atom stereocenters. The quantitative estimate of drug-likeness (QED) is 0.551. The van der Waals surface area contributed by atoms with Crippen LogP contribution in [0.2, 0.25) is 0 Å². The molecule has 0 amide bonds. The van der Waals surface area contributed by atoms with Crippen molar-refractivity contribution in [2.75, 3.05) is 0 Å². The molecule has 5 heteroatoms. The molecule has 0 aliphatic carbocycles. The van der Waals surface area contributed by atoms with Crippen molar-refractivity contribution >= 4 is 34.8 Å². The van der Waals surface area contributed by atoms with Gasteiger partial charge in [-0.05, 0) is 43.3 Å². The molecular formula is C23H22BrN2OP. The number of nitrogens with zero attached hydrogens (tertiary/aromatic N) is 1. The summed E-state index contributed by atoms with van der Waals surface area (Å²) in [6.07, 6.45) is 0. The number of halogens is 1. The van der Waals surface area contributed by atoms with Crippen molar-refractivity contribution in [2.45, 2.75) is 18.6 Å². The number of benzene rings is 3. The van der Waals surface area contributed by atoms with Crippen LogP contribution in [0.4, 0.5) is 0 Å². The largest absolute Gasteiger partial charge is 1.00 e. The fourth-order valence-corrected chi connectivity index (χ4v) is 8.78. The molecule has 3 nitrogen and oxygen atoms in total. The fourth-order valence-electron chi connectivity index (χ4n) is 4.01. The summed E-state index contributed by atoms with van der Waals surface area (Å²) < 4.78 is 0. The number of hydrogen-bond donors (Lipinski definition) is 1. The van der Waals surface area contributed by atoms with Crippen molar-refractivity contribution < 1.29 is 21.8 Å². The van der Waals surface area contributed by atoms with E-state index in [0.29, 0.717) is 5.84 Å². The van der Waals surface area contributed by atoms with Gasteiger partial charge in [0.25, 0.3) is 0 Å². The lowest BCUT2D eigenvalue weighted by atomic mass is 10.2. The lowest BCUT2D eigenvalue weighted by Crippen LogP contribution is -3.00. The molecule has 3 aromatic carbocycles. The highest BCUT2D eigenvalue weighted by molar-refractivity contribution is 7.97. The Morgan fingerprint density at radius 2 is 1.11 bits per heavy atom. The minimum atomic E-state index is -2.36. The lowest BCUT2D eigenvalue weighted by molar-refractivity contribution is -0.117. The van der Waals surface area contributed by atoms with Crippen LogP contribution in [0.15, 0.2) is 96.0 Å². The Labute approximate surface area is 176 Å². The van der Waals surface area contributed by atoms with Crippen LogP contribution in [0.3, 0.4) is 0 Å². The highest BCUT2D eigenvalue weighted by Gasteiger charge is 2.60. The number of nitrogens with two attached hydrogens (primary N) is 1. The Bertz CT molecular complexity index is 881. The van der Waals surface area contributed by atoms with Gasteiger partial charge in [-0.3, -0.25) is 9.79 Å². The zero-order chi connectivity index (χ0) is 18.9. The predicted octanol–water partition coefficient (Wildman–Crippen LogP) is -0.318. The first kappa shape index (κ1) is 20.4. The van der Waals surface area contributed by atoms with Gasteiger partial charge in [0.2, 0.25) is 5.78 Å². The van der Waals surface area contributed by atoms with E-state index in [1.165, 1.54) is 0 Å². The van der Waals surface area contributed by atoms with E-state index in [1.807, 2.05) is 61.5 Å². The summed E-state index contributed by atoms with van der Waals surface area (Å²) in [7, 11) is -2.36. The van der Waals surface area contributed by atoms with Gasteiger partial charge in [0.15, 0.2) is 5.66 Å². The molecular weight excluding hydrogens is 431 g/mol. The molecule has 3 aromatic rings. The van der Waals surface area contributed by atoms with Crippen molar-refractivity contribution in [3.05, 3.63) is 91.0 Å². The molecule has 0 saturated carbocycles. The molecule has 0 saturated heterocycles. The molecule has 1 heterocycles. The fraction of sp³-hybridized carbons (Fsp3) is 0.130. The first-order valence-corrected chi connectivity index (χ1v) is 10.9. The Hall–Kier alpha value is -2.29. The molecule has 0 bridgehead atoms. The third-order valence-electron chi connectivity index (χ3n) is 5.18. The zero-order valence-corrected chi connectivity index (χ0v) is 18.1. The van der Waals surface area contributed by atoms with Crippen LogP contribution in [-0.4, -0.2) is 23.3 Å². The summed E-state index contributed by atoms with van der Waals surface area (Å²) in [5.41, 5.74) is 5.98. The summed E-state index contributed by atoms with van der Waals surface area (Å²) >= 11 is 0. The minimum absolute atomic E-state index is 0. The molecule has 4 rings (SSSR count). The van der Waals surface area contributed by atoms with E-state index >= 15 is 0 Å². The van der Waals surface area contributed by atoms with Gasteiger partial charge in [-0.1, -0.05) is 54.6 Å². The molecule has 0 aromatic heterocycles. The van der Waals surface area contributed by atoms with Crippen LogP contribution >= 0.6 is 7.26 Å². The van der Waals surface area contributed by atoms with Gasteiger partial charge in [-0.15, -0.1) is 0 Å². The number of rotatable bonds is 4. The van der Waals surface area contributed by atoms with E-state index in [-0.39, 0.29) is 22.8 Å². The normalized spacial score (nSPS) is 19.0. The van der Waals surface area contributed by atoms with Crippen LogP contribution in [-0.2, 0) is 4.79 Å². The zero-order valence-electron chi connectivity index (χ0n) is 15.6. The first-order valence-electron chi connectivity index (χ1n) is 9.08. The van der Waals surface area contributed by atoms with E-state index < -0.39 is 19.0 Å². The topological polar surface area (TPSA) is 55.4 Å². The smallest absolute Gasteiger partial charge is 0.205 e. The van der Waals surface area contributed by atoms with Crippen molar-refractivity contribution in [3.8, 4) is 0 Å². The van der Waals surface area contributed by atoms with E-state index in [1.54, 1.807) is 0 Å². The number of aliphatic imine (C=N–C) groups is 1. The highest BCUT2D eigenvalue weighted by Crippen LogP contribution is 2.61. The number of Topliss-reactive ketones (excluding diaryl/α,β-unsaturated/α-hetero) is 1.